The van der Waals surface area contributed by atoms with Gasteiger partial charge in [-0.1, -0.05) is 0 Å². The predicted molar refractivity (Wildman–Crippen MR) is 63.1 cm³/mol. The summed E-state index contributed by atoms with van der Waals surface area (Å²) < 4.78 is 5.49. The van der Waals surface area contributed by atoms with Crippen molar-refractivity contribution in [1.82, 2.24) is 5.32 Å². The molecule has 0 saturated carbocycles. The molecule has 5 nitrogen and oxygen atoms in total. The Labute approximate surface area is 99.4 Å². The van der Waals surface area contributed by atoms with E-state index in [9.17, 15) is 9.59 Å². The van der Waals surface area contributed by atoms with Crippen molar-refractivity contribution in [3.05, 3.63) is 24.3 Å². The van der Waals surface area contributed by atoms with Gasteiger partial charge in [-0.15, -0.1) is 0 Å². The van der Waals surface area contributed by atoms with Crippen LogP contribution in [0, 0.1) is 0 Å². The second kappa shape index (κ2) is 4.45. The van der Waals surface area contributed by atoms with Gasteiger partial charge in [0.25, 0.3) is 0 Å². The highest BCUT2D eigenvalue weighted by Crippen LogP contribution is 2.21. The summed E-state index contributed by atoms with van der Waals surface area (Å²) in [5, 5.41) is 2.23. The predicted octanol–water partition coefficient (Wildman–Crippen LogP) is 1.53. The van der Waals surface area contributed by atoms with Gasteiger partial charge in [0.2, 0.25) is 5.91 Å². The SMILES string of the molecule is CC(C)Oc1ccc(N2CC(=O)NC2=O)cc1. The van der Waals surface area contributed by atoms with Crippen LogP contribution in [-0.4, -0.2) is 24.6 Å². The summed E-state index contributed by atoms with van der Waals surface area (Å²) in [4.78, 5) is 23.9. The van der Waals surface area contributed by atoms with Crippen LogP contribution in [0.5, 0.6) is 5.75 Å². The minimum atomic E-state index is -0.382. The van der Waals surface area contributed by atoms with Crippen molar-refractivity contribution < 1.29 is 14.3 Å². The maximum atomic E-state index is 11.4. The molecule has 1 saturated heterocycles. The van der Waals surface area contributed by atoms with Gasteiger partial charge in [-0.3, -0.25) is 15.0 Å². The quantitative estimate of drug-likeness (QED) is 0.807. The van der Waals surface area contributed by atoms with Gasteiger partial charge in [-0.25, -0.2) is 4.79 Å². The van der Waals surface area contributed by atoms with Crippen molar-refractivity contribution in [2.45, 2.75) is 20.0 Å². The molecule has 1 heterocycles. The molecule has 0 aromatic heterocycles. The van der Waals surface area contributed by atoms with E-state index in [1.807, 2.05) is 13.8 Å². The fourth-order valence-electron chi connectivity index (χ4n) is 1.63. The Balaban J connectivity index is 2.13. The number of hydrogen-bond acceptors (Lipinski definition) is 3. The maximum Gasteiger partial charge on any atom is 0.329 e. The molecule has 0 spiro atoms. The van der Waals surface area contributed by atoms with E-state index >= 15 is 0 Å². The average Bonchev–Trinajstić information content (AvgIpc) is 2.58. The minimum Gasteiger partial charge on any atom is -0.491 e. The smallest absolute Gasteiger partial charge is 0.329 e. The monoisotopic (exact) mass is 234 g/mol. The molecule has 0 unspecified atom stereocenters. The zero-order valence-corrected chi connectivity index (χ0v) is 9.77. The molecular weight excluding hydrogens is 220 g/mol. The molecular formula is C12H14N2O3. The lowest BCUT2D eigenvalue weighted by Gasteiger charge is -2.14. The number of nitrogens with one attached hydrogen (secondary N) is 1. The topological polar surface area (TPSA) is 58.6 Å². The van der Waals surface area contributed by atoms with Crippen molar-refractivity contribution >= 4 is 17.6 Å². The molecule has 1 fully saturated rings. The van der Waals surface area contributed by atoms with Gasteiger partial charge in [0.1, 0.15) is 12.3 Å². The highest BCUT2D eigenvalue weighted by Gasteiger charge is 2.27. The molecule has 1 aromatic rings. The highest BCUT2D eigenvalue weighted by atomic mass is 16.5. The Hall–Kier alpha value is -2.04. The number of imide groups is 1. The lowest BCUT2D eigenvalue weighted by Crippen LogP contribution is -2.27. The molecule has 90 valence electrons. The summed E-state index contributed by atoms with van der Waals surface area (Å²) in [6, 6.07) is 6.70. The van der Waals surface area contributed by atoms with Crippen molar-refractivity contribution in [1.29, 1.82) is 0 Å². The first-order chi connectivity index (χ1) is 8.06. The Morgan fingerprint density at radius 2 is 1.88 bits per heavy atom. The number of carbonyl (C=O) groups is 2. The first kappa shape index (κ1) is 11.4. The largest absolute Gasteiger partial charge is 0.491 e. The van der Waals surface area contributed by atoms with Gasteiger partial charge in [0, 0.05) is 5.69 Å². The summed E-state index contributed by atoms with van der Waals surface area (Å²) in [7, 11) is 0. The van der Waals surface area contributed by atoms with Crippen LogP contribution in [0.4, 0.5) is 10.5 Å². The molecule has 17 heavy (non-hydrogen) atoms. The third-order valence-corrected chi connectivity index (χ3v) is 2.31. The number of urea groups is 1. The number of hydrogen-bond donors (Lipinski definition) is 1. The Morgan fingerprint density at radius 3 is 2.35 bits per heavy atom. The van der Waals surface area contributed by atoms with E-state index in [0.29, 0.717) is 5.69 Å². The fraction of sp³-hybridized carbons (Fsp3) is 0.333. The Bertz CT molecular complexity index is 440. The number of ether oxygens (including phenoxy) is 1. The lowest BCUT2D eigenvalue weighted by atomic mass is 10.3. The first-order valence-corrected chi connectivity index (χ1v) is 5.44. The van der Waals surface area contributed by atoms with Crippen molar-refractivity contribution in [3.8, 4) is 5.75 Å². The number of carbonyl (C=O) groups excluding carboxylic acids is 2. The van der Waals surface area contributed by atoms with E-state index in [1.54, 1.807) is 24.3 Å². The van der Waals surface area contributed by atoms with E-state index in [2.05, 4.69) is 5.32 Å². The van der Waals surface area contributed by atoms with Gasteiger partial charge < -0.3 is 4.74 Å². The van der Waals surface area contributed by atoms with Crippen LogP contribution < -0.4 is 15.0 Å². The van der Waals surface area contributed by atoms with Gasteiger partial charge in [0.15, 0.2) is 0 Å². The molecule has 2 rings (SSSR count). The Kier molecular flexibility index (Phi) is 2.99. The molecule has 1 aliphatic rings. The van der Waals surface area contributed by atoms with Crippen LogP contribution in [0.25, 0.3) is 0 Å². The molecule has 1 aliphatic heterocycles. The summed E-state index contributed by atoms with van der Waals surface area (Å²) in [6.45, 7) is 3.96. The lowest BCUT2D eigenvalue weighted by molar-refractivity contribution is -0.117. The maximum absolute atomic E-state index is 11.4. The number of amides is 3. The molecule has 1 aromatic carbocycles. The van der Waals surface area contributed by atoms with E-state index in [4.69, 9.17) is 4.74 Å². The van der Waals surface area contributed by atoms with Gasteiger partial charge in [0.05, 0.1) is 6.10 Å². The number of anilines is 1. The molecule has 0 radical (unpaired) electrons. The van der Waals surface area contributed by atoms with Crippen LogP contribution in [0.2, 0.25) is 0 Å². The normalized spacial score (nSPS) is 15.4. The van der Waals surface area contributed by atoms with E-state index in [1.165, 1.54) is 4.90 Å². The van der Waals surface area contributed by atoms with E-state index < -0.39 is 0 Å². The van der Waals surface area contributed by atoms with E-state index in [0.717, 1.165) is 5.75 Å². The van der Waals surface area contributed by atoms with Crippen LogP contribution in [0.15, 0.2) is 24.3 Å². The number of rotatable bonds is 3. The van der Waals surface area contributed by atoms with Crippen LogP contribution in [-0.2, 0) is 4.79 Å². The van der Waals surface area contributed by atoms with E-state index in [-0.39, 0.29) is 24.6 Å². The van der Waals surface area contributed by atoms with Crippen molar-refractivity contribution in [2.24, 2.45) is 0 Å². The van der Waals surface area contributed by atoms with Crippen LogP contribution in [0.3, 0.4) is 0 Å². The van der Waals surface area contributed by atoms with Gasteiger partial charge in [-0.2, -0.15) is 0 Å². The van der Waals surface area contributed by atoms with Crippen molar-refractivity contribution in [3.63, 3.8) is 0 Å². The zero-order chi connectivity index (χ0) is 12.4. The molecule has 3 amide bonds. The van der Waals surface area contributed by atoms with Crippen LogP contribution in [0.1, 0.15) is 13.8 Å². The zero-order valence-electron chi connectivity index (χ0n) is 9.77. The Morgan fingerprint density at radius 1 is 1.24 bits per heavy atom. The molecule has 0 aliphatic carbocycles. The standard InChI is InChI=1S/C12H14N2O3/c1-8(2)17-10-5-3-9(4-6-10)14-7-11(15)13-12(14)16/h3-6,8H,7H2,1-2H3,(H,13,15,16). The molecule has 0 bridgehead atoms. The summed E-state index contributed by atoms with van der Waals surface area (Å²) in [6.07, 6.45) is 0.109. The molecule has 1 N–H and O–H groups in total. The van der Waals surface area contributed by atoms with Crippen molar-refractivity contribution in [2.75, 3.05) is 11.4 Å². The fourth-order valence-corrected chi connectivity index (χ4v) is 1.63. The third-order valence-electron chi connectivity index (χ3n) is 2.31. The number of benzene rings is 1. The summed E-state index contributed by atoms with van der Waals surface area (Å²) in [5.74, 6) is 0.465. The highest BCUT2D eigenvalue weighted by molar-refractivity contribution is 6.12. The minimum absolute atomic E-state index is 0.0726. The summed E-state index contributed by atoms with van der Waals surface area (Å²) >= 11 is 0. The molecule has 0 atom stereocenters. The second-order valence-corrected chi connectivity index (χ2v) is 4.10. The third kappa shape index (κ3) is 2.55. The van der Waals surface area contributed by atoms with Gasteiger partial charge >= 0.3 is 6.03 Å². The summed E-state index contributed by atoms with van der Waals surface area (Å²) in [5.41, 5.74) is 0.685. The van der Waals surface area contributed by atoms with Gasteiger partial charge in [-0.05, 0) is 38.1 Å². The number of nitrogens with zero attached hydrogens (tertiary/aromatic N) is 1. The second-order valence-electron chi connectivity index (χ2n) is 4.10. The van der Waals surface area contributed by atoms with Crippen LogP contribution >= 0.6 is 0 Å². The average molecular weight is 234 g/mol. The first-order valence-electron chi connectivity index (χ1n) is 5.44. The molecule has 5 heteroatoms.